The molecule has 0 bridgehead atoms. The molecule has 1 fully saturated rings. The van der Waals surface area contributed by atoms with E-state index in [-0.39, 0.29) is 18.0 Å². The molecule has 0 aromatic heterocycles. The summed E-state index contributed by atoms with van der Waals surface area (Å²) in [6.45, 7) is 7.82. The fourth-order valence-corrected chi connectivity index (χ4v) is 3.35. The molecule has 0 radical (unpaired) electrons. The number of amides is 2. The Morgan fingerprint density at radius 1 is 1.19 bits per heavy atom. The fraction of sp³-hybridized carbons (Fsp3) is 0.579. The fourth-order valence-electron chi connectivity index (χ4n) is 2.85. The number of hydrogen-bond donors (Lipinski definition) is 2. The molecule has 0 saturated carbocycles. The number of carbonyl (C=O) groups is 2. The maximum absolute atomic E-state index is 12.2. The second-order valence-electron chi connectivity index (χ2n) is 7.66. The average molecular weight is 416 g/mol. The van der Waals surface area contributed by atoms with Crippen LogP contribution in [0.5, 0.6) is 0 Å². The van der Waals surface area contributed by atoms with E-state index in [2.05, 4.69) is 15.5 Å². The van der Waals surface area contributed by atoms with Gasteiger partial charge in [0.15, 0.2) is 0 Å². The monoisotopic (exact) mass is 415 g/mol. The van der Waals surface area contributed by atoms with E-state index in [1.807, 2.05) is 20.8 Å². The molecule has 1 heterocycles. The van der Waals surface area contributed by atoms with Crippen LogP contribution in [0.1, 0.15) is 40.0 Å². The number of ether oxygens (including phenoxy) is 1. The van der Waals surface area contributed by atoms with E-state index in [9.17, 15) is 9.59 Å². The van der Waals surface area contributed by atoms with E-state index in [4.69, 9.17) is 27.9 Å². The molecule has 2 N–H and O–H groups in total. The minimum absolute atomic E-state index is 0.104. The smallest absolute Gasteiger partial charge is 0.407 e. The summed E-state index contributed by atoms with van der Waals surface area (Å²) >= 11 is 12.1. The molecule has 27 heavy (non-hydrogen) atoms. The van der Waals surface area contributed by atoms with Crippen molar-refractivity contribution >= 4 is 40.9 Å². The van der Waals surface area contributed by atoms with Crippen LogP contribution in [0.25, 0.3) is 0 Å². The van der Waals surface area contributed by atoms with E-state index in [1.165, 1.54) is 0 Å². The van der Waals surface area contributed by atoms with Crippen molar-refractivity contribution in [3.63, 3.8) is 0 Å². The Labute approximate surface area is 170 Å². The average Bonchev–Trinajstić information content (AvgIpc) is 2.56. The van der Waals surface area contributed by atoms with Crippen molar-refractivity contribution in [1.82, 2.24) is 10.2 Å². The van der Waals surface area contributed by atoms with E-state index >= 15 is 0 Å². The summed E-state index contributed by atoms with van der Waals surface area (Å²) in [6, 6.07) is 5.21. The van der Waals surface area contributed by atoms with Crippen molar-refractivity contribution in [3.05, 3.63) is 28.2 Å². The Hall–Kier alpha value is -1.50. The number of hydrogen-bond acceptors (Lipinski definition) is 4. The highest BCUT2D eigenvalue weighted by Crippen LogP contribution is 2.29. The third kappa shape index (κ3) is 7.56. The Morgan fingerprint density at radius 2 is 1.78 bits per heavy atom. The third-order valence-corrected chi connectivity index (χ3v) is 4.82. The van der Waals surface area contributed by atoms with Crippen molar-refractivity contribution in [2.45, 2.75) is 51.7 Å². The number of piperidine rings is 1. The van der Waals surface area contributed by atoms with Crippen LogP contribution in [-0.2, 0) is 9.53 Å². The second-order valence-corrected chi connectivity index (χ2v) is 8.47. The maximum atomic E-state index is 12.2. The maximum Gasteiger partial charge on any atom is 0.407 e. The van der Waals surface area contributed by atoms with E-state index in [0.29, 0.717) is 28.7 Å². The van der Waals surface area contributed by atoms with E-state index in [1.54, 1.807) is 18.2 Å². The Morgan fingerprint density at radius 3 is 2.33 bits per heavy atom. The van der Waals surface area contributed by atoms with Gasteiger partial charge >= 0.3 is 6.09 Å². The van der Waals surface area contributed by atoms with Crippen molar-refractivity contribution in [2.75, 3.05) is 25.0 Å². The van der Waals surface area contributed by atoms with Crippen LogP contribution in [0.15, 0.2) is 18.2 Å². The molecule has 150 valence electrons. The largest absolute Gasteiger partial charge is 0.444 e. The lowest BCUT2D eigenvalue weighted by Gasteiger charge is -2.32. The zero-order chi connectivity index (χ0) is 20.0. The standard InChI is InChI=1S/C19H27Cl2N3O3/c1-19(2,3)27-18(26)22-13-7-10-24(11-8-13)12-9-16(25)23-17-14(20)5-4-6-15(17)21/h4-6,13H,7-12H2,1-3H3,(H,22,26)(H,23,25). The predicted molar refractivity (Wildman–Crippen MR) is 109 cm³/mol. The van der Waals surface area contributed by atoms with E-state index < -0.39 is 5.60 Å². The van der Waals surface area contributed by atoms with E-state index in [0.717, 1.165) is 25.9 Å². The van der Waals surface area contributed by atoms with Gasteiger partial charge in [-0.25, -0.2) is 4.79 Å². The number of likely N-dealkylation sites (tertiary alicyclic amines) is 1. The quantitative estimate of drug-likeness (QED) is 0.751. The first-order valence-electron chi connectivity index (χ1n) is 9.10. The summed E-state index contributed by atoms with van der Waals surface area (Å²) in [7, 11) is 0. The number of carbonyl (C=O) groups excluding carboxylic acids is 2. The van der Waals surface area contributed by atoms with Gasteiger partial charge in [-0.2, -0.15) is 0 Å². The number of nitrogens with one attached hydrogen (secondary N) is 2. The lowest BCUT2D eigenvalue weighted by molar-refractivity contribution is -0.116. The molecule has 1 saturated heterocycles. The summed E-state index contributed by atoms with van der Waals surface area (Å²) < 4.78 is 5.28. The third-order valence-electron chi connectivity index (χ3n) is 4.19. The highest BCUT2D eigenvalue weighted by atomic mass is 35.5. The molecule has 0 unspecified atom stereocenters. The Balaban J connectivity index is 1.70. The highest BCUT2D eigenvalue weighted by Gasteiger charge is 2.23. The zero-order valence-electron chi connectivity index (χ0n) is 16.0. The molecule has 1 aliphatic rings. The first-order chi connectivity index (χ1) is 12.6. The minimum Gasteiger partial charge on any atom is -0.444 e. The van der Waals surface area contributed by atoms with Crippen LogP contribution >= 0.6 is 23.2 Å². The first-order valence-corrected chi connectivity index (χ1v) is 9.85. The Bertz CT molecular complexity index is 648. The van der Waals surface area contributed by atoms with Gasteiger partial charge in [-0.3, -0.25) is 4.79 Å². The molecular weight excluding hydrogens is 389 g/mol. The molecule has 2 rings (SSSR count). The zero-order valence-corrected chi connectivity index (χ0v) is 17.5. The summed E-state index contributed by atoms with van der Waals surface area (Å²) in [6.07, 6.45) is 1.64. The van der Waals surface area contributed by atoms with Gasteiger partial charge < -0.3 is 20.3 Å². The van der Waals surface area contributed by atoms with Crippen molar-refractivity contribution < 1.29 is 14.3 Å². The molecule has 1 aromatic carbocycles. The molecule has 2 amide bonds. The summed E-state index contributed by atoms with van der Waals surface area (Å²) in [5.74, 6) is -0.126. The van der Waals surface area contributed by atoms with Gasteiger partial charge in [-0.15, -0.1) is 0 Å². The number of benzene rings is 1. The van der Waals surface area contributed by atoms with Crippen LogP contribution in [0.3, 0.4) is 0 Å². The number of rotatable bonds is 5. The van der Waals surface area contributed by atoms with Crippen molar-refractivity contribution in [1.29, 1.82) is 0 Å². The predicted octanol–water partition coefficient (Wildman–Crippen LogP) is 4.31. The normalized spacial score (nSPS) is 16.0. The first kappa shape index (κ1) is 21.8. The lowest BCUT2D eigenvalue weighted by Crippen LogP contribution is -2.46. The van der Waals surface area contributed by atoms with Gasteiger partial charge in [-0.1, -0.05) is 29.3 Å². The molecular formula is C19H27Cl2N3O3. The SMILES string of the molecule is CC(C)(C)OC(=O)NC1CCN(CCC(=O)Nc2c(Cl)cccc2Cl)CC1. The minimum atomic E-state index is -0.497. The summed E-state index contributed by atoms with van der Waals surface area (Å²) in [4.78, 5) is 26.2. The van der Waals surface area contributed by atoms with Gasteiger partial charge in [0.1, 0.15) is 5.60 Å². The van der Waals surface area contributed by atoms with Crippen LogP contribution in [-0.4, -0.2) is 48.2 Å². The molecule has 1 aliphatic heterocycles. The van der Waals surface area contributed by atoms with Gasteiger partial charge in [0.05, 0.1) is 15.7 Å². The van der Waals surface area contributed by atoms with Gasteiger partial charge in [0.2, 0.25) is 5.91 Å². The molecule has 1 aromatic rings. The van der Waals surface area contributed by atoms with Crippen LogP contribution in [0.4, 0.5) is 10.5 Å². The molecule has 0 aliphatic carbocycles. The molecule has 0 spiro atoms. The summed E-state index contributed by atoms with van der Waals surface area (Å²) in [5, 5.41) is 6.52. The lowest BCUT2D eigenvalue weighted by atomic mass is 10.1. The molecule has 6 nitrogen and oxygen atoms in total. The second kappa shape index (κ2) is 9.62. The Kier molecular flexibility index (Phi) is 7.77. The molecule has 0 atom stereocenters. The van der Waals surface area contributed by atoms with Gasteiger partial charge in [0.25, 0.3) is 0 Å². The highest BCUT2D eigenvalue weighted by molar-refractivity contribution is 6.39. The summed E-state index contributed by atoms with van der Waals surface area (Å²) in [5.41, 5.74) is -0.0472. The number of anilines is 1. The van der Waals surface area contributed by atoms with Gasteiger partial charge in [-0.05, 0) is 45.7 Å². The van der Waals surface area contributed by atoms with Crippen molar-refractivity contribution in [3.8, 4) is 0 Å². The van der Waals surface area contributed by atoms with Crippen molar-refractivity contribution in [2.24, 2.45) is 0 Å². The number of para-hydroxylation sites is 1. The number of halogens is 2. The number of nitrogens with zero attached hydrogens (tertiary/aromatic N) is 1. The number of alkyl carbamates (subject to hydrolysis) is 1. The van der Waals surface area contributed by atoms with Crippen LogP contribution < -0.4 is 10.6 Å². The van der Waals surface area contributed by atoms with Gasteiger partial charge in [0, 0.05) is 32.1 Å². The van der Waals surface area contributed by atoms with Crippen LogP contribution in [0.2, 0.25) is 10.0 Å². The van der Waals surface area contributed by atoms with Crippen LogP contribution in [0, 0.1) is 0 Å². The topological polar surface area (TPSA) is 70.7 Å². The molecule has 8 heteroatoms.